The van der Waals surface area contributed by atoms with Crippen LogP contribution in [0.25, 0.3) is 0 Å². The number of carbonyl (C=O) groups is 1. The summed E-state index contributed by atoms with van der Waals surface area (Å²) in [5, 5.41) is 13.6. The molecule has 1 aromatic carbocycles. The zero-order valence-corrected chi connectivity index (χ0v) is 12.5. The van der Waals surface area contributed by atoms with Gasteiger partial charge in [-0.05, 0) is 36.8 Å². The molecular formula is C15H15ClN2O4. The first-order valence-electron chi connectivity index (χ1n) is 7.09. The van der Waals surface area contributed by atoms with Gasteiger partial charge in [0.25, 0.3) is 5.69 Å². The second-order valence-electron chi connectivity index (χ2n) is 5.68. The molecule has 0 aromatic heterocycles. The number of nitrogens with one attached hydrogen (secondary N) is 1. The molecule has 2 aliphatic rings. The van der Waals surface area contributed by atoms with Crippen LogP contribution in [0.4, 0.5) is 16.2 Å². The lowest BCUT2D eigenvalue weighted by atomic mass is 9.95. The number of ether oxygens (including phenoxy) is 1. The van der Waals surface area contributed by atoms with Crippen LogP contribution in [-0.2, 0) is 4.74 Å². The van der Waals surface area contributed by atoms with Gasteiger partial charge in [0.15, 0.2) is 0 Å². The van der Waals surface area contributed by atoms with Gasteiger partial charge in [-0.1, -0.05) is 23.8 Å². The average molecular weight is 323 g/mol. The predicted octanol–water partition coefficient (Wildman–Crippen LogP) is 4.01. The number of halogens is 1. The van der Waals surface area contributed by atoms with Crippen LogP contribution in [0, 0.1) is 27.9 Å². The normalized spacial score (nSPS) is 25.2. The SMILES string of the molecule is O=C(Nc1ccc(Cl)cc1[N+](=O)[O-])OC[C@@H]1C[C@H]2C=C[C@H]1C2. The number of hydrogen-bond donors (Lipinski definition) is 1. The third kappa shape index (κ3) is 3.06. The number of nitro groups is 1. The molecule has 116 valence electrons. The molecule has 0 aliphatic heterocycles. The van der Waals surface area contributed by atoms with Gasteiger partial charge in [0.1, 0.15) is 5.69 Å². The van der Waals surface area contributed by atoms with E-state index in [9.17, 15) is 14.9 Å². The fourth-order valence-corrected chi connectivity index (χ4v) is 3.34. The average Bonchev–Trinajstić information content (AvgIpc) is 3.09. The van der Waals surface area contributed by atoms with Crippen molar-refractivity contribution in [3.63, 3.8) is 0 Å². The molecule has 1 N–H and O–H groups in total. The molecule has 7 heteroatoms. The predicted molar refractivity (Wildman–Crippen MR) is 81.9 cm³/mol. The monoisotopic (exact) mass is 322 g/mol. The first-order chi connectivity index (χ1) is 10.5. The summed E-state index contributed by atoms with van der Waals surface area (Å²) in [6, 6.07) is 4.06. The number of rotatable bonds is 4. The Labute approximate surface area is 132 Å². The summed E-state index contributed by atoms with van der Waals surface area (Å²) in [7, 11) is 0. The molecule has 0 saturated heterocycles. The number of nitrogens with zero attached hydrogens (tertiary/aromatic N) is 1. The molecule has 1 fully saturated rings. The minimum atomic E-state index is -0.683. The van der Waals surface area contributed by atoms with Crippen molar-refractivity contribution >= 4 is 29.1 Å². The lowest BCUT2D eigenvalue weighted by Crippen LogP contribution is -2.21. The Balaban J connectivity index is 1.58. The third-order valence-corrected chi connectivity index (χ3v) is 4.47. The molecule has 1 amide bonds. The van der Waals surface area contributed by atoms with E-state index in [1.807, 2.05) is 0 Å². The van der Waals surface area contributed by atoms with E-state index in [0.717, 1.165) is 12.8 Å². The molecule has 0 radical (unpaired) electrons. The summed E-state index contributed by atoms with van der Waals surface area (Å²) in [6.07, 6.45) is 5.90. The number of fused-ring (bicyclic) bond motifs is 2. The van der Waals surface area contributed by atoms with Gasteiger partial charge in [0.05, 0.1) is 11.5 Å². The Hall–Kier alpha value is -2.08. The Morgan fingerprint density at radius 1 is 1.41 bits per heavy atom. The molecule has 2 bridgehead atoms. The fraction of sp³-hybridized carbons (Fsp3) is 0.400. The van der Waals surface area contributed by atoms with E-state index in [0.29, 0.717) is 24.4 Å². The Kier molecular flexibility index (Phi) is 4.02. The number of nitro benzene ring substituents is 1. The van der Waals surface area contributed by atoms with E-state index < -0.39 is 11.0 Å². The topological polar surface area (TPSA) is 81.5 Å². The first kappa shape index (κ1) is 14.8. The lowest BCUT2D eigenvalue weighted by molar-refractivity contribution is -0.383. The van der Waals surface area contributed by atoms with Gasteiger partial charge >= 0.3 is 6.09 Å². The highest BCUT2D eigenvalue weighted by atomic mass is 35.5. The van der Waals surface area contributed by atoms with Crippen LogP contribution < -0.4 is 5.32 Å². The van der Waals surface area contributed by atoms with Crippen LogP contribution in [0.1, 0.15) is 12.8 Å². The first-order valence-corrected chi connectivity index (χ1v) is 7.47. The van der Waals surface area contributed by atoms with Crippen molar-refractivity contribution in [3.8, 4) is 0 Å². The maximum absolute atomic E-state index is 11.8. The smallest absolute Gasteiger partial charge is 0.411 e. The fourth-order valence-electron chi connectivity index (χ4n) is 3.18. The quantitative estimate of drug-likeness (QED) is 0.516. The number of hydrogen-bond acceptors (Lipinski definition) is 4. The summed E-state index contributed by atoms with van der Waals surface area (Å²) >= 11 is 5.73. The second-order valence-corrected chi connectivity index (χ2v) is 6.12. The summed E-state index contributed by atoms with van der Waals surface area (Å²) < 4.78 is 5.21. The van der Waals surface area contributed by atoms with Crippen molar-refractivity contribution < 1.29 is 14.5 Å². The standard InChI is InChI=1S/C15H15ClN2O4/c16-12-3-4-13(14(7-12)18(20)21)17-15(19)22-8-11-6-9-1-2-10(11)5-9/h1-4,7,9-11H,5-6,8H2,(H,17,19)/t9-,10-,11-/m0/s1. The largest absolute Gasteiger partial charge is 0.449 e. The second kappa shape index (κ2) is 5.96. The molecule has 0 spiro atoms. The Morgan fingerprint density at radius 3 is 2.86 bits per heavy atom. The van der Waals surface area contributed by atoms with Crippen molar-refractivity contribution in [3.05, 3.63) is 45.5 Å². The minimum absolute atomic E-state index is 0.0761. The van der Waals surface area contributed by atoms with Gasteiger partial charge in [-0.3, -0.25) is 15.4 Å². The highest BCUT2D eigenvalue weighted by Gasteiger charge is 2.36. The molecule has 3 rings (SSSR count). The Morgan fingerprint density at radius 2 is 2.23 bits per heavy atom. The molecule has 0 unspecified atom stereocenters. The lowest BCUT2D eigenvalue weighted by Gasteiger charge is -2.17. The van der Waals surface area contributed by atoms with E-state index in [1.54, 1.807) is 0 Å². The van der Waals surface area contributed by atoms with Gasteiger partial charge < -0.3 is 4.74 Å². The molecule has 6 nitrogen and oxygen atoms in total. The van der Waals surface area contributed by atoms with Crippen molar-refractivity contribution in [2.45, 2.75) is 12.8 Å². The number of amides is 1. The number of carbonyl (C=O) groups excluding carboxylic acids is 1. The maximum atomic E-state index is 11.8. The van der Waals surface area contributed by atoms with Gasteiger partial charge in [0, 0.05) is 17.0 Å². The van der Waals surface area contributed by atoms with Gasteiger partial charge in [0.2, 0.25) is 0 Å². The van der Waals surface area contributed by atoms with Gasteiger partial charge in [-0.25, -0.2) is 4.79 Å². The molecule has 0 heterocycles. The van der Waals surface area contributed by atoms with Crippen LogP contribution in [-0.4, -0.2) is 17.6 Å². The van der Waals surface area contributed by atoms with E-state index in [4.69, 9.17) is 16.3 Å². The molecule has 1 aromatic rings. The summed E-state index contributed by atoms with van der Waals surface area (Å²) in [4.78, 5) is 22.2. The van der Waals surface area contributed by atoms with Gasteiger partial charge in [-0.2, -0.15) is 0 Å². The number of anilines is 1. The van der Waals surface area contributed by atoms with Crippen molar-refractivity contribution in [1.82, 2.24) is 0 Å². The van der Waals surface area contributed by atoms with Crippen LogP contribution in [0.3, 0.4) is 0 Å². The molecule has 1 saturated carbocycles. The van der Waals surface area contributed by atoms with Crippen molar-refractivity contribution in [2.75, 3.05) is 11.9 Å². The zero-order chi connectivity index (χ0) is 15.7. The van der Waals surface area contributed by atoms with E-state index >= 15 is 0 Å². The highest BCUT2D eigenvalue weighted by Crippen LogP contribution is 2.43. The highest BCUT2D eigenvalue weighted by molar-refractivity contribution is 6.31. The Bertz CT molecular complexity index is 646. The van der Waals surface area contributed by atoms with Crippen LogP contribution in [0.15, 0.2) is 30.4 Å². The van der Waals surface area contributed by atoms with Crippen LogP contribution >= 0.6 is 11.6 Å². The van der Waals surface area contributed by atoms with E-state index in [1.165, 1.54) is 18.2 Å². The molecule has 2 aliphatic carbocycles. The number of allylic oxidation sites excluding steroid dienone is 2. The summed E-state index contributed by atoms with van der Waals surface area (Å²) in [5.74, 6) is 1.45. The molecular weight excluding hydrogens is 308 g/mol. The van der Waals surface area contributed by atoms with Gasteiger partial charge in [-0.15, -0.1) is 0 Å². The number of benzene rings is 1. The summed E-state index contributed by atoms with van der Waals surface area (Å²) in [6.45, 7) is 0.332. The van der Waals surface area contributed by atoms with E-state index in [-0.39, 0.29) is 16.4 Å². The van der Waals surface area contributed by atoms with Crippen molar-refractivity contribution in [1.29, 1.82) is 0 Å². The summed E-state index contributed by atoms with van der Waals surface area (Å²) in [5.41, 5.74) is -0.181. The van der Waals surface area contributed by atoms with Crippen molar-refractivity contribution in [2.24, 2.45) is 17.8 Å². The maximum Gasteiger partial charge on any atom is 0.411 e. The van der Waals surface area contributed by atoms with Crippen LogP contribution in [0.5, 0.6) is 0 Å². The van der Waals surface area contributed by atoms with E-state index in [2.05, 4.69) is 17.5 Å². The molecule has 22 heavy (non-hydrogen) atoms. The third-order valence-electron chi connectivity index (χ3n) is 4.24. The molecule has 3 atom stereocenters. The zero-order valence-electron chi connectivity index (χ0n) is 11.7. The van der Waals surface area contributed by atoms with Crippen LogP contribution in [0.2, 0.25) is 5.02 Å². The minimum Gasteiger partial charge on any atom is -0.449 e.